The highest BCUT2D eigenvalue weighted by molar-refractivity contribution is 9.12. The number of alkyl halides is 2. The number of methoxy groups -OCH3 is 1. The monoisotopic (exact) mass is 376 g/mol. The summed E-state index contributed by atoms with van der Waals surface area (Å²) in [7, 11) is 1.64. The van der Waals surface area contributed by atoms with Crippen LogP contribution in [0.25, 0.3) is 0 Å². The molecule has 18 heavy (non-hydrogen) atoms. The number of carbonyl (C=O) groups excluding carboxylic acids is 1. The molecule has 0 saturated heterocycles. The van der Waals surface area contributed by atoms with E-state index in [0.29, 0.717) is 0 Å². The summed E-state index contributed by atoms with van der Waals surface area (Å²) in [5, 5.41) is 0. The van der Waals surface area contributed by atoms with Crippen molar-refractivity contribution in [1.29, 1.82) is 0 Å². The average Bonchev–Trinajstić information content (AvgIpc) is 2.35. The van der Waals surface area contributed by atoms with E-state index in [1.54, 1.807) is 7.11 Å². The quantitative estimate of drug-likeness (QED) is 0.721. The molecule has 4 heteroatoms. The van der Waals surface area contributed by atoms with Gasteiger partial charge in [0.05, 0.1) is 16.8 Å². The molecule has 0 aliphatic heterocycles. The third kappa shape index (κ3) is 3.82. The Kier molecular flexibility index (Phi) is 5.41. The van der Waals surface area contributed by atoms with Gasteiger partial charge in [-0.05, 0) is 17.7 Å². The van der Waals surface area contributed by atoms with Crippen LogP contribution in [0, 0.1) is 5.41 Å². The van der Waals surface area contributed by atoms with Crippen molar-refractivity contribution in [2.45, 2.75) is 30.4 Å². The molecule has 2 nitrogen and oxygen atoms in total. The minimum Gasteiger partial charge on any atom is -0.497 e. The summed E-state index contributed by atoms with van der Waals surface area (Å²) < 4.78 is 5.12. The molecular formula is C14H18Br2O2. The van der Waals surface area contributed by atoms with Crippen molar-refractivity contribution in [3.8, 4) is 5.75 Å². The van der Waals surface area contributed by atoms with Crippen molar-refractivity contribution in [2.75, 3.05) is 7.11 Å². The first-order valence-corrected chi connectivity index (χ1v) is 7.57. The SMILES string of the molecule is COc1ccc([C@@H](Br)[C@@H](Br)C(=O)C(C)(C)C)cc1. The van der Waals surface area contributed by atoms with E-state index in [1.165, 1.54) is 0 Å². The second kappa shape index (κ2) is 6.20. The van der Waals surface area contributed by atoms with Crippen molar-refractivity contribution >= 4 is 37.6 Å². The largest absolute Gasteiger partial charge is 0.497 e. The number of Topliss-reactive ketones (excluding diaryl/α,β-unsaturated/α-hetero) is 1. The lowest BCUT2D eigenvalue weighted by molar-refractivity contribution is -0.125. The smallest absolute Gasteiger partial charge is 0.153 e. The molecule has 0 radical (unpaired) electrons. The highest BCUT2D eigenvalue weighted by Gasteiger charge is 2.32. The van der Waals surface area contributed by atoms with Crippen LogP contribution in [0.4, 0.5) is 0 Å². The second-order valence-electron chi connectivity index (χ2n) is 5.19. The first-order chi connectivity index (χ1) is 8.27. The molecule has 2 atom stereocenters. The molecule has 100 valence electrons. The molecule has 1 rings (SSSR count). The van der Waals surface area contributed by atoms with Crippen LogP contribution in [0.3, 0.4) is 0 Å². The van der Waals surface area contributed by atoms with E-state index in [9.17, 15) is 4.79 Å². The highest BCUT2D eigenvalue weighted by atomic mass is 79.9. The fraction of sp³-hybridized carbons (Fsp3) is 0.500. The van der Waals surface area contributed by atoms with Gasteiger partial charge in [-0.15, -0.1) is 0 Å². The van der Waals surface area contributed by atoms with Gasteiger partial charge in [0.25, 0.3) is 0 Å². The van der Waals surface area contributed by atoms with Gasteiger partial charge in [0.15, 0.2) is 5.78 Å². The Bertz CT molecular complexity index is 407. The first-order valence-electron chi connectivity index (χ1n) is 5.73. The van der Waals surface area contributed by atoms with Crippen LogP contribution in [0.5, 0.6) is 5.75 Å². The van der Waals surface area contributed by atoms with Gasteiger partial charge >= 0.3 is 0 Å². The molecule has 0 aromatic heterocycles. The van der Waals surface area contributed by atoms with E-state index in [-0.39, 0.29) is 20.9 Å². The van der Waals surface area contributed by atoms with E-state index < -0.39 is 0 Å². The van der Waals surface area contributed by atoms with Gasteiger partial charge < -0.3 is 4.74 Å². The normalized spacial score (nSPS) is 15.0. The van der Waals surface area contributed by atoms with Crippen molar-refractivity contribution in [1.82, 2.24) is 0 Å². The van der Waals surface area contributed by atoms with Crippen molar-refractivity contribution in [3.63, 3.8) is 0 Å². The molecule has 1 aromatic carbocycles. The molecule has 0 heterocycles. The van der Waals surface area contributed by atoms with Crippen molar-refractivity contribution < 1.29 is 9.53 Å². The number of ketones is 1. The lowest BCUT2D eigenvalue weighted by Gasteiger charge is -2.24. The minimum atomic E-state index is -0.355. The summed E-state index contributed by atoms with van der Waals surface area (Å²) in [6, 6.07) is 7.71. The van der Waals surface area contributed by atoms with Gasteiger partial charge in [-0.1, -0.05) is 64.8 Å². The molecule has 0 spiro atoms. The third-order valence-corrected chi connectivity index (χ3v) is 5.39. The summed E-state index contributed by atoms with van der Waals surface area (Å²) in [4.78, 5) is 11.9. The molecule has 0 unspecified atom stereocenters. The van der Waals surface area contributed by atoms with Gasteiger partial charge in [0.1, 0.15) is 5.75 Å². The first kappa shape index (κ1) is 15.7. The third-order valence-electron chi connectivity index (χ3n) is 2.68. The van der Waals surface area contributed by atoms with Crippen LogP contribution in [0.1, 0.15) is 31.2 Å². The van der Waals surface area contributed by atoms with Crippen LogP contribution < -0.4 is 4.74 Å². The Balaban J connectivity index is 2.86. The van der Waals surface area contributed by atoms with Gasteiger partial charge in [0.2, 0.25) is 0 Å². The number of carbonyl (C=O) groups is 1. The second-order valence-corrected chi connectivity index (χ2v) is 7.16. The van der Waals surface area contributed by atoms with Crippen molar-refractivity contribution in [2.24, 2.45) is 5.41 Å². The van der Waals surface area contributed by atoms with Crippen LogP contribution in [0.2, 0.25) is 0 Å². The maximum atomic E-state index is 12.2. The maximum Gasteiger partial charge on any atom is 0.153 e. The predicted octanol–water partition coefficient (Wildman–Crippen LogP) is 4.51. The van der Waals surface area contributed by atoms with Crippen LogP contribution >= 0.6 is 31.9 Å². The Morgan fingerprint density at radius 1 is 1.17 bits per heavy atom. The molecule has 0 bridgehead atoms. The minimum absolute atomic E-state index is 0.0462. The Morgan fingerprint density at radius 3 is 2.06 bits per heavy atom. The van der Waals surface area contributed by atoms with Gasteiger partial charge in [0, 0.05) is 5.41 Å². The molecule has 0 N–H and O–H groups in total. The van der Waals surface area contributed by atoms with E-state index in [4.69, 9.17) is 4.74 Å². The van der Waals surface area contributed by atoms with E-state index >= 15 is 0 Å². The molecular weight excluding hydrogens is 360 g/mol. The number of hydrogen-bond donors (Lipinski definition) is 0. The molecule has 0 fully saturated rings. The van der Waals surface area contributed by atoms with E-state index in [0.717, 1.165) is 11.3 Å². The Hall–Kier alpha value is -0.350. The molecule has 0 aliphatic carbocycles. The number of benzene rings is 1. The summed E-state index contributed by atoms with van der Waals surface area (Å²) >= 11 is 7.07. The zero-order chi connectivity index (χ0) is 13.9. The number of rotatable bonds is 4. The average molecular weight is 378 g/mol. The summed E-state index contributed by atoms with van der Waals surface area (Å²) in [5.74, 6) is 0.993. The van der Waals surface area contributed by atoms with Crippen LogP contribution in [-0.4, -0.2) is 17.7 Å². The number of halogens is 2. The summed E-state index contributed by atoms with van der Waals surface area (Å²) in [6.45, 7) is 5.78. The highest BCUT2D eigenvalue weighted by Crippen LogP contribution is 2.36. The van der Waals surface area contributed by atoms with Gasteiger partial charge in [-0.3, -0.25) is 4.79 Å². The Morgan fingerprint density at radius 2 is 1.67 bits per heavy atom. The predicted molar refractivity (Wildman–Crippen MR) is 81.8 cm³/mol. The number of ether oxygens (including phenoxy) is 1. The fourth-order valence-electron chi connectivity index (χ4n) is 1.50. The zero-order valence-corrected chi connectivity index (χ0v) is 14.2. The van der Waals surface area contributed by atoms with E-state index in [2.05, 4.69) is 31.9 Å². The van der Waals surface area contributed by atoms with Gasteiger partial charge in [-0.2, -0.15) is 0 Å². The molecule has 1 aromatic rings. The zero-order valence-electron chi connectivity index (χ0n) is 11.0. The molecule has 0 amide bonds. The Labute approximate surface area is 125 Å². The lowest BCUT2D eigenvalue weighted by atomic mass is 9.87. The van der Waals surface area contributed by atoms with Crippen molar-refractivity contribution in [3.05, 3.63) is 29.8 Å². The van der Waals surface area contributed by atoms with Gasteiger partial charge in [-0.25, -0.2) is 0 Å². The topological polar surface area (TPSA) is 26.3 Å². The summed E-state index contributed by atoms with van der Waals surface area (Å²) in [6.07, 6.45) is 0. The fourth-order valence-corrected chi connectivity index (χ4v) is 3.04. The van der Waals surface area contributed by atoms with E-state index in [1.807, 2.05) is 45.0 Å². The van der Waals surface area contributed by atoms with Crippen LogP contribution in [0.15, 0.2) is 24.3 Å². The lowest BCUT2D eigenvalue weighted by Crippen LogP contribution is -2.31. The maximum absolute atomic E-state index is 12.2. The van der Waals surface area contributed by atoms with Crippen LogP contribution in [-0.2, 0) is 4.79 Å². The molecule has 0 aliphatic rings. The number of hydrogen-bond acceptors (Lipinski definition) is 2. The molecule has 0 saturated carbocycles. The standard InChI is InChI=1S/C14H18Br2O2/c1-14(2,3)13(17)12(16)11(15)9-5-7-10(18-4)8-6-9/h5-8,11-12H,1-4H3/t11-,12-/m1/s1. The summed E-state index contributed by atoms with van der Waals surface area (Å²) in [5.41, 5.74) is 0.697.